The zero-order valence-corrected chi connectivity index (χ0v) is 38.6. The molecule has 1 aliphatic rings. The van der Waals surface area contributed by atoms with Crippen molar-refractivity contribution in [3.63, 3.8) is 0 Å². The summed E-state index contributed by atoms with van der Waals surface area (Å²) in [6.07, 6.45) is 0. The molecule has 0 atom stereocenters. The Morgan fingerprint density at radius 1 is 0.243 bits per heavy atom. The Labute approximate surface area is 409 Å². The molecule has 0 heterocycles. The second-order valence-corrected chi connectivity index (χ2v) is 18.4. The Morgan fingerprint density at radius 3 is 1.30 bits per heavy atom. The molecule has 0 bridgehead atoms. The Bertz CT molecular complexity index is 3790. The summed E-state index contributed by atoms with van der Waals surface area (Å²) in [6.45, 7) is 0. The topological polar surface area (TPSA) is 3.24 Å². The lowest BCUT2D eigenvalue weighted by Gasteiger charge is -2.34. The third-order valence-corrected chi connectivity index (χ3v) is 14.6. The summed E-state index contributed by atoms with van der Waals surface area (Å²) >= 11 is 0. The van der Waals surface area contributed by atoms with Gasteiger partial charge in [0.05, 0.1) is 5.41 Å². The van der Waals surface area contributed by atoms with Crippen LogP contribution in [0.1, 0.15) is 22.3 Å². The van der Waals surface area contributed by atoms with Gasteiger partial charge in [0.25, 0.3) is 0 Å². The highest BCUT2D eigenvalue weighted by Crippen LogP contribution is 2.58. The van der Waals surface area contributed by atoms with Crippen LogP contribution >= 0.6 is 0 Å². The van der Waals surface area contributed by atoms with Gasteiger partial charge < -0.3 is 4.90 Å². The normalized spacial score (nSPS) is 12.4. The minimum absolute atomic E-state index is 0.454. The van der Waals surface area contributed by atoms with E-state index in [4.69, 9.17) is 0 Å². The van der Waals surface area contributed by atoms with Gasteiger partial charge in [-0.1, -0.05) is 243 Å². The van der Waals surface area contributed by atoms with Crippen molar-refractivity contribution in [1.82, 2.24) is 0 Å². The molecule has 1 aliphatic carbocycles. The van der Waals surface area contributed by atoms with E-state index < -0.39 is 5.41 Å². The van der Waals surface area contributed by atoms with E-state index in [-0.39, 0.29) is 0 Å². The van der Waals surface area contributed by atoms with E-state index in [0.29, 0.717) is 0 Å². The van der Waals surface area contributed by atoms with Gasteiger partial charge in [-0.3, -0.25) is 0 Å². The predicted octanol–water partition coefficient (Wildman–Crippen LogP) is 18.5. The molecule has 1 heteroatoms. The number of hydrogen-bond donors (Lipinski definition) is 0. The molecule has 0 radical (unpaired) electrons. The van der Waals surface area contributed by atoms with Crippen molar-refractivity contribution in [2.75, 3.05) is 4.90 Å². The van der Waals surface area contributed by atoms with Crippen LogP contribution in [-0.4, -0.2) is 0 Å². The molecule has 0 spiro atoms. The summed E-state index contributed by atoms with van der Waals surface area (Å²) in [6, 6.07) is 105. The number of rotatable bonds is 9. The van der Waals surface area contributed by atoms with Crippen molar-refractivity contribution in [2.45, 2.75) is 5.41 Å². The lowest BCUT2D eigenvalue weighted by atomic mass is 9.67. The molecule has 328 valence electrons. The summed E-state index contributed by atoms with van der Waals surface area (Å²) in [5, 5.41) is 5.01. The fourth-order valence-corrected chi connectivity index (χ4v) is 11.3. The fourth-order valence-electron chi connectivity index (χ4n) is 11.3. The molecular formula is C69H47N. The van der Waals surface area contributed by atoms with Crippen LogP contribution in [0.15, 0.2) is 285 Å². The van der Waals surface area contributed by atoms with Gasteiger partial charge >= 0.3 is 0 Å². The average Bonchev–Trinajstić information content (AvgIpc) is 3.75. The van der Waals surface area contributed by atoms with Crippen LogP contribution in [0.4, 0.5) is 17.1 Å². The van der Waals surface area contributed by atoms with Gasteiger partial charge in [0, 0.05) is 17.1 Å². The zero-order valence-electron chi connectivity index (χ0n) is 38.6. The Hall–Kier alpha value is -9.04. The third-order valence-electron chi connectivity index (χ3n) is 14.6. The molecule has 0 amide bonds. The maximum absolute atomic E-state index is 2.38. The van der Waals surface area contributed by atoms with Crippen LogP contribution in [0, 0.1) is 0 Å². The molecule has 1 nitrogen and oxygen atoms in total. The number of benzene rings is 12. The summed E-state index contributed by atoms with van der Waals surface area (Å²) in [5.41, 5.74) is 20.2. The highest BCUT2D eigenvalue weighted by Gasteiger charge is 2.46. The lowest BCUT2D eigenvalue weighted by Crippen LogP contribution is -2.28. The molecule has 12 aromatic rings. The molecule has 13 rings (SSSR count). The first-order chi connectivity index (χ1) is 34.7. The molecule has 0 saturated heterocycles. The summed E-state index contributed by atoms with van der Waals surface area (Å²) in [4.78, 5) is 2.38. The van der Waals surface area contributed by atoms with Gasteiger partial charge in [0.2, 0.25) is 0 Å². The maximum atomic E-state index is 2.38. The Kier molecular flexibility index (Phi) is 10.1. The molecule has 0 saturated carbocycles. The number of anilines is 3. The monoisotopic (exact) mass is 889 g/mol. The van der Waals surface area contributed by atoms with Crippen molar-refractivity contribution < 1.29 is 0 Å². The van der Waals surface area contributed by atoms with Crippen LogP contribution in [0.2, 0.25) is 0 Å². The molecule has 12 aromatic carbocycles. The van der Waals surface area contributed by atoms with Gasteiger partial charge in [-0.2, -0.15) is 0 Å². The van der Waals surface area contributed by atoms with Gasteiger partial charge in [0.1, 0.15) is 0 Å². The van der Waals surface area contributed by atoms with Crippen LogP contribution in [0.3, 0.4) is 0 Å². The molecule has 70 heavy (non-hydrogen) atoms. The van der Waals surface area contributed by atoms with E-state index in [1.165, 1.54) is 99.4 Å². The van der Waals surface area contributed by atoms with E-state index in [0.717, 1.165) is 17.1 Å². The molecule has 0 aliphatic heterocycles. The standard InChI is InChI=1S/C69H47N/c1-3-19-57(20-4-1)69(58-21-5-2-6-22-58)66-27-12-11-24-65(66)68-64(26-14-28-67(68)69)54-39-45-61(46-40-54)70(60-43-37-53(38-44-60)63-25-13-18-52-16-9-10-23-62(52)63)59-41-35-50(36-42-59)49-29-31-51(32-30-49)56-34-33-48-15-7-8-17-55(48)47-56/h1-47H. The van der Waals surface area contributed by atoms with Crippen molar-refractivity contribution in [1.29, 1.82) is 0 Å². The fraction of sp³-hybridized carbons (Fsp3) is 0.0145. The number of fused-ring (bicyclic) bond motifs is 5. The van der Waals surface area contributed by atoms with Crippen molar-refractivity contribution in [3.8, 4) is 55.6 Å². The first-order valence-corrected chi connectivity index (χ1v) is 24.2. The van der Waals surface area contributed by atoms with E-state index in [1.807, 2.05) is 0 Å². The highest BCUT2D eigenvalue weighted by molar-refractivity contribution is 5.98. The summed E-state index contributed by atoms with van der Waals surface area (Å²) in [7, 11) is 0. The van der Waals surface area contributed by atoms with Crippen molar-refractivity contribution in [2.24, 2.45) is 0 Å². The summed E-state index contributed by atoms with van der Waals surface area (Å²) in [5.74, 6) is 0. The Balaban J connectivity index is 0.888. The van der Waals surface area contributed by atoms with E-state index in [2.05, 4.69) is 290 Å². The highest BCUT2D eigenvalue weighted by atomic mass is 15.1. The van der Waals surface area contributed by atoms with Crippen LogP contribution in [0.5, 0.6) is 0 Å². The van der Waals surface area contributed by atoms with Gasteiger partial charge in [0.15, 0.2) is 0 Å². The third kappa shape index (κ3) is 6.94. The second-order valence-electron chi connectivity index (χ2n) is 18.4. The Morgan fingerprint density at radius 2 is 0.657 bits per heavy atom. The average molecular weight is 890 g/mol. The smallest absolute Gasteiger partial charge is 0.0713 e. The molecular weight excluding hydrogens is 843 g/mol. The zero-order chi connectivity index (χ0) is 46.4. The van der Waals surface area contributed by atoms with E-state index in [9.17, 15) is 0 Å². The number of hydrogen-bond acceptors (Lipinski definition) is 1. The van der Waals surface area contributed by atoms with Gasteiger partial charge in [-0.25, -0.2) is 0 Å². The van der Waals surface area contributed by atoms with Gasteiger partial charge in [-0.05, 0) is 142 Å². The molecule has 0 aromatic heterocycles. The lowest BCUT2D eigenvalue weighted by molar-refractivity contribution is 0.768. The van der Waals surface area contributed by atoms with Crippen LogP contribution < -0.4 is 4.90 Å². The quantitative estimate of drug-likeness (QED) is 0.140. The van der Waals surface area contributed by atoms with E-state index in [1.54, 1.807) is 0 Å². The molecule has 0 fully saturated rings. The van der Waals surface area contributed by atoms with E-state index >= 15 is 0 Å². The first-order valence-electron chi connectivity index (χ1n) is 24.2. The minimum Gasteiger partial charge on any atom is -0.311 e. The van der Waals surface area contributed by atoms with Crippen molar-refractivity contribution >= 4 is 38.6 Å². The second kappa shape index (κ2) is 17.2. The largest absolute Gasteiger partial charge is 0.311 e. The molecule has 0 unspecified atom stereocenters. The molecule has 0 N–H and O–H groups in total. The summed E-state index contributed by atoms with van der Waals surface area (Å²) < 4.78 is 0. The number of nitrogens with zero attached hydrogens (tertiary/aromatic N) is 1. The minimum atomic E-state index is -0.454. The maximum Gasteiger partial charge on any atom is 0.0713 e. The van der Waals surface area contributed by atoms with Crippen LogP contribution in [-0.2, 0) is 5.41 Å². The van der Waals surface area contributed by atoms with Gasteiger partial charge in [-0.15, -0.1) is 0 Å². The first kappa shape index (κ1) is 41.2. The SMILES string of the molecule is c1ccc(C2(c3ccccc3)c3ccccc3-c3c(-c4ccc(N(c5ccc(-c6ccc(-c7ccc8ccccc8c7)cc6)cc5)c5ccc(-c6cccc7ccccc67)cc5)cc4)cccc32)cc1. The van der Waals surface area contributed by atoms with Crippen LogP contribution in [0.25, 0.3) is 77.2 Å². The predicted molar refractivity (Wildman–Crippen MR) is 295 cm³/mol. The van der Waals surface area contributed by atoms with Crippen molar-refractivity contribution in [3.05, 3.63) is 307 Å².